The lowest BCUT2D eigenvalue weighted by molar-refractivity contribution is -0.132. The van der Waals surface area contributed by atoms with E-state index in [9.17, 15) is 4.79 Å². The molecule has 0 bridgehead atoms. The molecular weight excluding hydrogens is 144 g/mol. The Bertz CT molecular complexity index is 192. The van der Waals surface area contributed by atoms with Crippen molar-refractivity contribution in [1.82, 2.24) is 0 Å². The van der Waals surface area contributed by atoms with Gasteiger partial charge in [-0.05, 0) is 13.8 Å². The second-order valence-electron chi connectivity index (χ2n) is 1.91. The van der Waals surface area contributed by atoms with Crippen LogP contribution in [0.2, 0.25) is 0 Å². The van der Waals surface area contributed by atoms with Crippen molar-refractivity contribution in [2.24, 2.45) is 0 Å². The van der Waals surface area contributed by atoms with Crippen LogP contribution in [-0.2, 0) is 9.53 Å². The van der Waals surface area contributed by atoms with E-state index in [0.717, 1.165) is 0 Å². The summed E-state index contributed by atoms with van der Waals surface area (Å²) >= 11 is 0. The molecule has 0 unspecified atom stereocenters. The Morgan fingerprint density at radius 3 is 2.55 bits per heavy atom. The van der Waals surface area contributed by atoms with Gasteiger partial charge in [-0.25, -0.2) is 4.79 Å². The molecule has 0 fully saturated rings. The van der Waals surface area contributed by atoms with Crippen LogP contribution in [0.5, 0.6) is 0 Å². The predicted octanol–water partition coefficient (Wildman–Crippen LogP) is 1.57. The highest BCUT2D eigenvalue weighted by molar-refractivity contribution is 5.90. The Morgan fingerprint density at radius 2 is 2.27 bits per heavy atom. The van der Waals surface area contributed by atoms with E-state index in [-0.39, 0.29) is 5.57 Å². The van der Waals surface area contributed by atoms with Crippen LogP contribution in [0, 0.1) is 0 Å². The molecule has 0 spiro atoms. The maximum atomic E-state index is 10.4. The average molecular weight is 156 g/mol. The van der Waals surface area contributed by atoms with Gasteiger partial charge in [0.2, 0.25) is 0 Å². The van der Waals surface area contributed by atoms with E-state index in [0.29, 0.717) is 12.4 Å². The van der Waals surface area contributed by atoms with Gasteiger partial charge >= 0.3 is 5.97 Å². The topological polar surface area (TPSA) is 46.5 Å². The first-order chi connectivity index (χ1) is 5.13. The van der Waals surface area contributed by atoms with Crippen LogP contribution in [0.15, 0.2) is 24.0 Å². The zero-order valence-electron chi connectivity index (χ0n) is 6.76. The number of ether oxygens (including phenoxy) is 1. The number of hydrogen-bond acceptors (Lipinski definition) is 2. The molecule has 0 radical (unpaired) electrons. The van der Waals surface area contributed by atoms with Gasteiger partial charge in [0.25, 0.3) is 0 Å². The van der Waals surface area contributed by atoms with Gasteiger partial charge in [-0.15, -0.1) is 0 Å². The first-order valence-corrected chi connectivity index (χ1v) is 3.32. The fourth-order valence-electron chi connectivity index (χ4n) is 0.676. The van der Waals surface area contributed by atoms with Crippen molar-refractivity contribution in [2.45, 2.75) is 13.8 Å². The summed E-state index contributed by atoms with van der Waals surface area (Å²) in [5, 5.41) is 8.56. The molecule has 0 aromatic carbocycles. The minimum absolute atomic E-state index is 0.117. The largest absolute Gasteiger partial charge is 0.498 e. The normalized spacial score (nSPS) is 11.8. The quantitative estimate of drug-likeness (QED) is 0.381. The number of hydrogen-bond donors (Lipinski definition) is 1. The number of aliphatic carboxylic acids is 1. The molecule has 3 heteroatoms. The molecule has 0 aliphatic rings. The van der Waals surface area contributed by atoms with E-state index >= 15 is 0 Å². The van der Waals surface area contributed by atoms with Crippen LogP contribution in [0.25, 0.3) is 0 Å². The Hall–Kier alpha value is -1.25. The van der Waals surface area contributed by atoms with Crippen molar-refractivity contribution >= 4 is 5.97 Å². The summed E-state index contributed by atoms with van der Waals surface area (Å²) in [7, 11) is 0. The van der Waals surface area contributed by atoms with E-state index < -0.39 is 5.97 Å². The second kappa shape index (κ2) is 4.55. The monoisotopic (exact) mass is 156 g/mol. The van der Waals surface area contributed by atoms with E-state index in [4.69, 9.17) is 9.84 Å². The van der Waals surface area contributed by atoms with Crippen molar-refractivity contribution in [3.63, 3.8) is 0 Å². The third-order valence-electron chi connectivity index (χ3n) is 1.17. The number of carboxylic acid groups (broad SMARTS) is 1. The van der Waals surface area contributed by atoms with Gasteiger partial charge in [0.05, 0.1) is 12.2 Å². The number of allylic oxidation sites excluding steroid dienone is 1. The average Bonchev–Trinajstić information content (AvgIpc) is 1.88. The maximum absolute atomic E-state index is 10.4. The summed E-state index contributed by atoms with van der Waals surface area (Å²) in [4.78, 5) is 10.4. The van der Waals surface area contributed by atoms with E-state index in [1.807, 2.05) is 0 Å². The van der Waals surface area contributed by atoms with Gasteiger partial charge < -0.3 is 9.84 Å². The molecule has 11 heavy (non-hydrogen) atoms. The lowest BCUT2D eigenvalue weighted by Gasteiger charge is -2.04. The standard InChI is InChI=1S/C8H12O3/c1-4-7(8(9)10)6(3)11-5-2/h4H,1,5H2,2-3H3,(H,9,10)/b7-6+. The third-order valence-corrected chi connectivity index (χ3v) is 1.17. The molecule has 0 aromatic rings. The lowest BCUT2D eigenvalue weighted by atomic mass is 10.2. The fraction of sp³-hybridized carbons (Fsp3) is 0.375. The molecule has 0 rings (SSSR count). The SMILES string of the molecule is C=C/C(C(=O)O)=C(/C)OCC. The van der Waals surface area contributed by atoms with Crippen molar-refractivity contribution in [2.75, 3.05) is 6.61 Å². The first kappa shape index (κ1) is 9.75. The first-order valence-electron chi connectivity index (χ1n) is 3.32. The summed E-state index contributed by atoms with van der Waals surface area (Å²) < 4.78 is 4.98. The van der Waals surface area contributed by atoms with E-state index in [1.54, 1.807) is 13.8 Å². The van der Waals surface area contributed by atoms with Crippen molar-refractivity contribution < 1.29 is 14.6 Å². The van der Waals surface area contributed by atoms with Gasteiger partial charge in [-0.1, -0.05) is 12.7 Å². The highest BCUT2D eigenvalue weighted by atomic mass is 16.5. The van der Waals surface area contributed by atoms with Crippen LogP contribution < -0.4 is 0 Å². The molecule has 0 saturated heterocycles. The third kappa shape index (κ3) is 2.89. The Kier molecular flexibility index (Phi) is 4.03. The predicted molar refractivity (Wildman–Crippen MR) is 42.2 cm³/mol. The van der Waals surface area contributed by atoms with Gasteiger partial charge in [0.15, 0.2) is 0 Å². The molecule has 0 aromatic heterocycles. The molecule has 3 nitrogen and oxygen atoms in total. The summed E-state index contributed by atoms with van der Waals surface area (Å²) in [6.45, 7) is 7.24. The van der Waals surface area contributed by atoms with E-state index in [2.05, 4.69) is 6.58 Å². The Labute approximate surface area is 66.0 Å². The highest BCUT2D eigenvalue weighted by Crippen LogP contribution is 2.06. The zero-order valence-corrected chi connectivity index (χ0v) is 6.76. The number of rotatable bonds is 4. The minimum Gasteiger partial charge on any atom is -0.498 e. The molecule has 0 aliphatic carbocycles. The van der Waals surface area contributed by atoms with Crippen LogP contribution in [0.3, 0.4) is 0 Å². The van der Waals surface area contributed by atoms with Gasteiger partial charge in [0.1, 0.15) is 5.76 Å². The Morgan fingerprint density at radius 1 is 1.73 bits per heavy atom. The van der Waals surface area contributed by atoms with Crippen LogP contribution in [0.1, 0.15) is 13.8 Å². The molecule has 1 N–H and O–H groups in total. The minimum atomic E-state index is -1.01. The van der Waals surface area contributed by atoms with Crippen LogP contribution >= 0.6 is 0 Å². The molecular formula is C8H12O3. The zero-order chi connectivity index (χ0) is 8.85. The van der Waals surface area contributed by atoms with Gasteiger partial charge in [-0.2, -0.15) is 0 Å². The van der Waals surface area contributed by atoms with Crippen molar-refractivity contribution in [3.05, 3.63) is 24.0 Å². The summed E-state index contributed by atoms with van der Waals surface area (Å²) in [5.74, 6) is -0.610. The van der Waals surface area contributed by atoms with Gasteiger partial charge in [0, 0.05) is 0 Å². The molecule has 62 valence electrons. The van der Waals surface area contributed by atoms with Crippen molar-refractivity contribution in [3.8, 4) is 0 Å². The maximum Gasteiger partial charge on any atom is 0.339 e. The molecule has 0 saturated carbocycles. The fourth-order valence-corrected chi connectivity index (χ4v) is 0.676. The molecule has 0 heterocycles. The van der Waals surface area contributed by atoms with E-state index in [1.165, 1.54) is 6.08 Å². The molecule has 0 aliphatic heterocycles. The molecule has 0 amide bonds. The Balaban J connectivity index is 4.53. The number of carbonyl (C=O) groups is 1. The lowest BCUT2D eigenvalue weighted by Crippen LogP contribution is -2.02. The summed E-state index contributed by atoms with van der Waals surface area (Å²) in [6, 6.07) is 0. The molecule has 0 atom stereocenters. The van der Waals surface area contributed by atoms with Crippen LogP contribution in [-0.4, -0.2) is 17.7 Å². The van der Waals surface area contributed by atoms with Crippen molar-refractivity contribution in [1.29, 1.82) is 0 Å². The van der Waals surface area contributed by atoms with Gasteiger partial charge in [-0.3, -0.25) is 0 Å². The van der Waals surface area contributed by atoms with Crippen LogP contribution in [0.4, 0.5) is 0 Å². The highest BCUT2D eigenvalue weighted by Gasteiger charge is 2.07. The second-order valence-corrected chi connectivity index (χ2v) is 1.91. The number of carboxylic acids is 1. The smallest absolute Gasteiger partial charge is 0.339 e. The summed E-state index contributed by atoms with van der Waals surface area (Å²) in [5.41, 5.74) is 0.117. The summed E-state index contributed by atoms with van der Waals surface area (Å²) in [6.07, 6.45) is 1.27.